The monoisotopic (exact) mass is 539 g/mol. The molecular formula is C30H33N7O3. The third-order valence-electron chi connectivity index (χ3n) is 7.52. The molecule has 40 heavy (non-hydrogen) atoms. The highest BCUT2D eigenvalue weighted by Crippen LogP contribution is 2.23. The quantitative estimate of drug-likeness (QED) is 0.386. The van der Waals surface area contributed by atoms with Gasteiger partial charge in [-0.25, -0.2) is 4.52 Å². The molecule has 2 aromatic heterocycles. The lowest BCUT2D eigenvalue weighted by atomic mass is 10.0. The highest BCUT2D eigenvalue weighted by atomic mass is 16.5. The molecule has 4 heterocycles. The maximum absolute atomic E-state index is 13.2. The Balaban J connectivity index is 1.16. The summed E-state index contributed by atoms with van der Waals surface area (Å²) in [5.74, 6) is -0.418. The number of rotatable bonds is 7. The van der Waals surface area contributed by atoms with E-state index in [0.717, 1.165) is 49.4 Å². The molecule has 10 heteroatoms. The molecule has 2 amide bonds. The van der Waals surface area contributed by atoms with Gasteiger partial charge in [0, 0.05) is 51.0 Å². The Morgan fingerprint density at radius 1 is 0.950 bits per heavy atom. The number of morpholine rings is 1. The van der Waals surface area contributed by atoms with E-state index in [2.05, 4.69) is 56.5 Å². The second-order valence-electron chi connectivity index (χ2n) is 10.5. The first kappa shape index (κ1) is 26.1. The minimum absolute atomic E-state index is 0.0391. The largest absolute Gasteiger partial charge is 0.369 e. The van der Waals surface area contributed by atoms with Crippen molar-refractivity contribution in [3.8, 4) is 11.1 Å². The van der Waals surface area contributed by atoms with Crippen LogP contribution in [0.15, 0.2) is 72.9 Å². The van der Waals surface area contributed by atoms with Crippen LogP contribution in [0.5, 0.6) is 0 Å². The molecule has 0 saturated carbocycles. The third kappa shape index (κ3) is 5.89. The molecule has 2 aliphatic heterocycles. The Bertz CT molecular complexity index is 1500. The van der Waals surface area contributed by atoms with Crippen LogP contribution >= 0.6 is 0 Å². The summed E-state index contributed by atoms with van der Waals surface area (Å²) in [6, 6.07) is 21.3. The number of hydrogen-bond donors (Lipinski definition) is 1. The SMILES string of the molecule is CN1CCN(Cc2cccc(-c3ccc4nc(NC(=O)[C@H]5COCC(=O)N5Cc5ccccc5)nn4c3)c2)CC1. The summed E-state index contributed by atoms with van der Waals surface area (Å²) < 4.78 is 7.07. The lowest BCUT2D eigenvalue weighted by Crippen LogP contribution is -2.54. The van der Waals surface area contributed by atoms with E-state index in [0.29, 0.717) is 12.2 Å². The van der Waals surface area contributed by atoms with Crippen molar-refractivity contribution in [1.29, 1.82) is 0 Å². The van der Waals surface area contributed by atoms with E-state index >= 15 is 0 Å². The standard InChI is InChI=1S/C30H33N7O3/c1-34-12-14-35(15-13-34)17-23-8-5-9-24(16-23)25-10-11-27-31-30(33-37(27)19-25)32-29(39)26-20-40-21-28(38)36(26)18-22-6-3-2-4-7-22/h2-11,16,19,26H,12-15,17-18,20-21H2,1H3,(H,32,33,39)/t26-/m1/s1. The van der Waals surface area contributed by atoms with E-state index in [1.807, 2.05) is 48.7 Å². The third-order valence-corrected chi connectivity index (χ3v) is 7.52. The van der Waals surface area contributed by atoms with Crippen molar-refractivity contribution in [1.82, 2.24) is 29.3 Å². The van der Waals surface area contributed by atoms with Crippen LogP contribution in [-0.2, 0) is 27.4 Å². The molecular weight excluding hydrogens is 506 g/mol. The Kier molecular flexibility index (Phi) is 7.54. The van der Waals surface area contributed by atoms with Gasteiger partial charge in [0.25, 0.3) is 5.91 Å². The van der Waals surface area contributed by atoms with Gasteiger partial charge in [0.15, 0.2) is 5.65 Å². The van der Waals surface area contributed by atoms with E-state index in [1.54, 1.807) is 9.42 Å². The molecule has 0 aliphatic carbocycles. The first-order valence-corrected chi connectivity index (χ1v) is 13.6. The lowest BCUT2D eigenvalue weighted by molar-refractivity contribution is -0.154. The van der Waals surface area contributed by atoms with E-state index in [9.17, 15) is 9.59 Å². The van der Waals surface area contributed by atoms with Crippen molar-refractivity contribution < 1.29 is 14.3 Å². The number of carbonyl (C=O) groups excluding carboxylic acids is 2. The van der Waals surface area contributed by atoms with E-state index < -0.39 is 6.04 Å². The number of nitrogens with one attached hydrogen (secondary N) is 1. The molecule has 4 aromatic rings. The highest BCUT2D eigenvalue weighted by Gasteiger charge is 2.34. The van der Waals surface area contributed by atoms with Crippen molar-refractivity contribution in [3.63, 3.8) is 0 Å². The summed E-state index contributed by atoms with van der Waals surface area (Å²) in [7, 11) is 2.17. The second kappa shape index (κ2) is 11.5. The van der Waals surface area contributed by atoms with Crippen LogP contribution in [0.1, 0.15) is 11.1 Å². The fourth-order valence-corrected chi connectivity index (χ4v) is 5.21. The van der Waals surface area contributed by atoms with Crippen molar-refractivity contribution in [3.05, 3.63) is 84.1 Å². The van der Waals surface area contributed by atoms with Gasteiger partial charge < -0.3 is 14.5 Å². The molecule has 0 spiro atoms. The zero-order valence-electron chi connectivity index (χ0n) is 22.6. The maximum Gasteiger partial charge on any atom is 0.251 e. The lowest BCUT2D eigenvalue weighted by Gasteiger charge is -2.34. The fraction of sp³-hybridized carbons (Fsp3) is 0.333. The molecule has 2 fully saturated rings. The minimum atomic E-state index is -0.772. The summed E-state index contributed by atoms with van der Waals surface area (Å²) >= 11 is 0. The Morgan fingerprint density at radius 2 is 1.75 bits per heavy atom. The Morgan fingerprint density at radius 3 is 2.58 bits per heavy atom. The fourth-order valence-electron chi connectivity index (χ4n) is 5.21. The molecule has 6 rings (SSSR count). The van der Waals surface area contributed by atoms with Crippen molar-refractivity contribution in [2.75, 3.05) is 51.8 Å². The number of amides is 2. The van der Waals surface area contributed by atoms with Gasteiger partial charge >= 0.3 is 0 Å². The van der Waals surface area contributed by atoms with Gasteiger partial charge in [-0.05, 0) is 41.9 Å². The summed E-state index contributed by atoms with van der Waals surface area (Å²) in [4.78, 5) is 36.7. The van der Waals surface area contributed by atoms with Gasteiger partial charge in [-0.1, -0.05) is 48.5 Å². The van der Waals surface area contributed by atoms with Crippen LogP contribution in [0, 0.1) is 0 Å². The van der Waals surface area contributed by atoms with Gasteiger partial charge in [-0.3, -0.25) is 19.8 Å². The molecule has 2 saturated heterocycles. The first-order valence-electron chi connectivity index (χ1n) is 13.6. The summed E-state index contributed by atoms with van der Waals surface area (Å²) in [5.41, 5.74) is 4.95. The van der Waals surface area contributed by atoms with Crippen LogP contribution in [0.3, 0.4) is 0 Å². The van der Waals surface area contributed by atoms with E-state index in [1.165, 1.54) is 5.56 Å². The van der Waals surface area contributed by atoms with Crippen molar-refractivity contribution in [2.24, 2.45) is 0 Å². The van der Waals surface area contributed by atoms with Gasteiger partial charge in [0.2, 0.25) is 11.9 Å². The average molecular weight is 540 g/mol. The maximum atomic E-state index is 13.2. The van der Waals surface area contributed by atoms with Crippen LogP contribution in [0.2, 0.25) is 0 Å². The van der Waals surface area contributed by atoms with Crippen LogP contribution in [-0.4, -0.2) is 93.6 Å². The van der Waals surface area contributed by atoms with Crippen LogP contribution in [0.25, 0.3) is 16.8 Å². The summed E-state index contributed by atoms with van der Waals surface area (Å²) in [5, 5.41) is 7.29. The Labute approximate surface area is 233 Å². The van der Waals surface area contributed by atoms with Gasteiger partial charge in [0.05, 0.1) is 6.61 Å². The molecule has 2 aliphatic rings. The first-order chi connectivity index (χ1) is 19.5. The number of piperazine rings is 1. The molecule has 0 bridgehead atoms. The molecule has 0 unspecified atom stereocenters. The molecule has 1 atom stereocenters. The summed E-state index contributed by atoms with van der Waals surface area (Å²) in [6.07, 6.45) is 1.92. The topological polar surface area (TPSA) is 95.3 Å². The van der Waals surface area contributed by atoms with Gasteiger partial charge in [-0.2, -0.15) is 4.98 Å². The number of ether oxygens (including phenoxy) is 1. The predicted molar refractivity (Wildman–Crippen MR) is 151 cm³/mol. The molecule has 1 N–H and O–H groups in total. The molecule has 206 valence electrons. The average Bonchev–Trinajstić information content (AvgIpc) is 3.37. The molecule has 0 radical (unpaired) electrons. The molecule has 10 nitrogen and oxygen atoms in total. The normalized spacial score (nSPS) is 18.8. The number of fused-ring (bicyclic) bond motifs is 1. The number of pyridine rings is 1. The van der Waals surface area contributed by atoms with Crippen molar-refractivity contribution >= 4 is 23.4 Å². The Hall–Kier alpha value is -4.12. The van der Waals surface area contributed by atoms with Crippen molar-refractivity contribution in [2.45, 2.75) is 19.1 Å². The number of hydrogen-bond acceptors (Lipinski definition) is 7. The zero-order chi connectivity index (χ0) is 27.5. The zero-order valence-corrected chi connectivity index (χ0v) is 22.6. The number of nitrogens with zero attached hydrogens (tertiary/aromatic N) is 6. The summed E-state index contributed by atoms with van der Waals surface area (Å²) in [6.45, 7) is 5.67. The number of benzene rings is 2. The number of anilines is 1. The number of aromatic nitrogens is 3. The second-order valence-corrected chi connectivity index (χ2v) is 10.5. The molecule has 2 aromatic carbocycles. The van der Waals surface area contributed by atoms with Crippen LogP contribution < -0.4 is 5.32 Å². The van der Waals surface area contributed by atoms with E-state index in [4.69, 9.17) is 4.74 Å². The van der Waals surface area contributed by atoms with E-state index in [-0.39, 0.29) is 31.0 Å². The van der Waals surface area contributed by atoms with Crippen LogP contribution in [0.4, 0.5) is 5.95 Å². The minimum Gasteiger partial charge on any atom is -0.369 e. The predicted octanol–water partition coefficient (Wildman–Crippen LogP) is 2.51. The van der Waals surface area contributed by atoms with Gasteiger partial charge in [0.1, 0.15) is 12.6 Å². The number of carbonyl (C=O) groups is 2. The van der Waals surface area contributed by atoms with Gasteiger partial charge in [-0.15, -0.1) is 5.10 Å². The highest BCUT2D eigenvalue weighted by molar-refractivity contribution is 5.97. The number of likely N-dealkylation sites (N-methyl/N-ethyl adjacent to an activating group) is 1. The smallest absolute Gasteiger partial charge is 0.251 e.